The van der Waals surface area contributed by atoms with Crippen LogP contribution in [0, 0.1) is 0 Å². The fourth-order valence-electron chi connectivity index (χ4n) is 1.78. The summed E-state index contributed by atoms with van der Waals surface area (Å²) in [4.78, 5) is 24.0. The lowest BCUT2D eigenvalue weighted by Crippen LogP contribution is -2.30. The van der Waals surface area contributed by atoms with Crippen molar-refractivity contribution in [2.45, 2.75) is 6.42 Å². The molecule has 0 unspecified atom stereocenters. The Hall–Kier alpha value is -1.56. The Labute approximate surface area is 107 Å². The number of halogens is 1. The Balaban J connectivity index is 2.39. The van der Waals surface area contributed by atoms with Crippen LogP contribution < -0.4 is 10.2 Å². The van der Waals surface area contributed by atoms with Gasteiger partial charge in [0.2, 0.25) is 5.91 Å². The molecule has 0 bridgehead atoms. The molecule has 1 aromatic carbocycles. The topological polar surface area (TPSA) is 69.6 Å². The second-order valence-corrected chi connectivity index (χ2v) is 4.69. The van der Waals surface area contributed by atoms with Gasteiger partial charge in [-0.05, 0) is 18.2 Å². The maximum atomic E-state index is 11.5. The summed E-state index contributed by atoms with van der Waals surface area (Å²) in [6.45, 7) is 0.302. The lowest BCUT2D eigenvalue weighted by atomic mass is 10.2. The molecular formula is C11H11BrN2O3. The van der Waals surface area contributed by atoms with Gasteiger partial charge in [0, 0.05) is 17.4 Å². The van der Waals surface area contributed by atoms with Gasteiger partial charge in [-0.2, -0.15) is 0 Å². The first-order valence-corrected chi connectivity index (χ1v) is 5.92. The first-order chi connectivity index (χ1) is 8.06. The third kappa shape index (κ3) is 2.76. The maximum Gasteiger partial charge on any atom is 0.323 e. The van der Waals surface area contributed by atoms with Crippen molar-refractivity contribution in [1.82, 2.24) is 0 Å². The van der Waals surface area contributed by atoms with E-state index >= 15 is 0 Å². The molecule has 1 heterocycles. The zero-order chi connectivity index (χ0) is 12.4. The molecule has 5 nitrogen and oxygen atoms in total. The molecule has 0 saturated heterocycles. The number of hydrogen-bond acceptors (Lipinski definition) is 3. The molecule has 1 aliphatic rings. The highest BCUT2D eigenvalue weighted by Crippen LogP contribution is 2.31. The van der Waals surface area contributed by atoms with E-state index in [1.54, 1.807) is 17.0 Å². The Kier molecular flexibility index (Phi) is 3.33. The first-order valence-electron chi connectivity index (χ1n) is 5.12. The van der Waals surface area contributed by atoms with E-state index in [-0.39, 0.29) is 12.5 Å². The molecule has 0 aliphatic carbocycles. The lowest BCUT2D eigenvalue weighted by Gasteiger charge is -2.21. The zero-order valence-electron chi connectivity index (χ0n) is 8.94. The van der Waals surface area contributed by atoms with E-state index in [9.17, 15) is 9.59 Å². The van der Waals surface area contributed by atoms with Gasteiger partial charge in [-0.25, -0.2) is 0 Å². The minimum atomic E-state index is -0.909. The van der Waals surface area contributed by atoms with Gasteiger partial charge in [-0.1, -0.05) is 15.9 Å². The Bertz CT molecular complexity index is 476. The van der Waals surface area contributed by atoms with Crippen molar-refractivity contribution in [2.75, 3.05) is 23.3 Å². The van der Waals surface area contributed by atoms with Crippen LogP contribution in [0.3, 0.4) is 0 Å². The number of carboxylic acids is 1. The second kappa shape index (κ2) is 4.75. The van der Waals surface area contributed by atoms with Crippen LogP contribution >= 0.6 is 15.9 Å². The van der Waals surface area contributed by atoms with Crippen LogP contribution in [0.25, 0.3) is 0 Å². The fraction of sp³-hybridized carbons (Fsp3) is 0.273. The molecule has 2 rings (SSSR count). The highest BCUT2D eigenvalue weighted by Gasteiger charge is 2.20. The van der Waals surface area contributed by atoms with Crippen molar-refractivity contribution in [3.05, 3.63) is 22.7 Å². The Morgan fingerprint density at radius 3 is 3.00 bits per heavy atom. The first kappa shape index (κ1) is 11.9. The van der Waals surface area contributed by atoms with E-state index in [4.69, 9.17) is 5.11 Å². The van der Waals surface area contributed by atoms with E-state index in [1.807, 2.05) is 6.07 Å². The lowest BCUT2D eigenvalue weighted by molar-refractivity contribution is -0.135. The van der Waals surface area contributed by atoms with Crippen molar-refractivity contribution in [3.8, 4) is 0 Å². The third-order valence-corrected chi connectivity index (χ3v) is 3.00. The van der Waals surface area contributed by atoms with Gasteiger partial charge >= 0.3 is 5.97 Å². The number of amides is 1. The minimum Gasteiger partial charge on any atom is -0.480 e. The highest BCUT2D eigenvalue weighted by molar-refractivity contribution is 9.10. The molecule has 1 aromatic rings. The van der Waals surface area contributed by atoms with Gasteiger partial charge in [0.25, 0.3) is 0 Å². The third-order valence-electron chi connectivity index (χ3n) is 2.51. The van der Waals surface area contributed by atoms with Crippen LogP contribution in [0.5, 0.6) is 0 Å². The van der Waals surface area contributed by atoms with Crippen LogP contribution in [0.15, 0.2) is 22.7 Å². The number of rotatable bonds is 2. The number of carbonyl (C=O) groups excluding carboxylic acids is 1. The van der Waals surface area contributed by atoms with Crippen LogP contribution in [-0.4, -0.2) is 30.1 Å². The average Bonchev–Trinajstić information content (AvgIpc) is 2.37. The standard InChI is InChI=1S/C11H11BrN2O3/c12-7-1-2-9-8(5-7)13-10(15)3-4-14(9)6-11(16)17/h1-2,5H,3-4,6H2,(H,13,15)(H,16,17). The summed E-state index contributed by atoms with van der Waals surface area (Å²) < 4.78 is 0.841. The van der Waals surface area contributed by atoms with Gasteiger partial charge in [-0.15, -0.1) is 0 Å². The van der Waals surface area contributed by atoms with Gasteiger partial charge in [0.15, 0.2) is 0 Å². The summed E-state index contributed by atoms with van der Waals surface area (Å²) in [5.41, 5.74) is 1.38. The quantitative estimate of drug-likeness (QED) is 0.872. The molecule has 0 spiro atoms. The SMILES string of the molecule is O=C(O)CN1CCC(=O)Nc2cc(Br)ccc21. The number of anilines is 2. The van der Waals surface area contributed by atoms with Crippen LogP contribution in [0.4, 0.5) is 11.4 Å². The number of carboxylic acid groups (broad SMARTS) is 1. The Morgan fingerprint density at radius 1 is 1.53 bits per heavy atom. The smallest absolute Gasteiger partial charge is 0.323 e. The second-order valence-electron chi connectivity index (χ2n) is 3.77. The monoisotopic (exact) mass is 298 g/mol. The number of nitrogens with zero attached hydrogens (tertiary/aromatic N) is 1. The molecule has 0 radical (unpaired) electrons. The largest absolute Gasteiger partial charge is 0.480 e. The van der Waals surface area contributed by atoms with Crippen molar-refractivity contribution in [1.29, 1.82) is 0 Å². The highest BCUT2D eigenvalue weighted by atomic mass is 79.9. The predicted octanol–water partition coefficient (Wildman–Crippen LogP) is 1.68. The molecule has 2 N–H and O–H groups in total. The number of hydrogen-bond donors (Lipinski definition) is 2. The summed E-state index contributed by atoms with van der Waals surface area (Å²) >= 11 is 3.32. The molecular weight excluding hydrogens is 288 g/mol. The van der Waals surface area contributed by atoms with Crippen molar-refractivity contribution < 1.29 is 14.7 Å². The average molecular weight is 299 g/mol. The molecule has 0 saturated carbocycles. The molecule has 0 fully saturated rings. The fourth-order valence-corrected chi connectivity index (χ4v) is 2.14. The van der Waals surface area contributed by atoms with E-state index in [0.29, 0.717) is 18.7 Å². The van der Waals surface area contributed by atoms with E-state index in [0.717, 1.165) is 10.2 Å². The molecule has 0 aromatic heterocycles. The van der Waals surface area contributed by atoms with Crippen LogP contribution in [0.1, 0.15) is 6.42 Å². The molecule has 0 atom stereocenters. The minimum absolute atomic E-state index is 0.0998. The van der Waals surface area contributed by atoms with Crippen LogP contribution in [0.2, 0.25) is 0 Å². The summed E-state index contributed by atoms with van der Waals surface area (Å²) in [7, 11) is 0. The summed E-state index contributed by atoms with van der Waals surface area (Å²) in [6.07, 6.45) is 0.291. The van der Waals surface area contributed by atoms with E-state index in [1.165, 1.54) is 0 Å². The van der Waals surface area contributed by atoms with Crippen LogP contribution in [-0.2, 0) is 9.59 Å². The van der Waals surface area contributed by atoms with Crippen molar-refractivity contribution in [2.24, 2.45) is 0 Å². The number of carbonyl (C=O) groups is 2. The number of benzene rings is 1. The van der Waals surface area contributed by atoms with E-state index < -0.39 is 5.97 Å². The molecule has 1 aliphatic heterocycles. The normalized spacial score (nSPS) is 14.9. The molecule has 90 valence electrons. The number of fused-ring (bicyclic) bond motifs is 1. The number of aliphatic carboxylic acids is 1. The zero-order valence-corrected chi connectivity index (χ0v) is 10.5. The summed E-state index contributed by atoms with van der Waals surface area (Å²) in [5.74, 6) is -1.01. The van der Waals surface area contributed by atoms with Crippen molar-refractivity contribution in [3.63, 3.8) is 0 Å². The number of nitrogens with one attached hydrogen (secondary N) is 1. The Morgan fingerprint density at radius 2 is 2.29 bits per heavy atom. The molecule has 17 heavy (non-hydrogen) atoms. The van der Waals surface area contributed by atoms with Crippen molar-refractivity contribution >= 4 is 39.2 Å². The van der Waals surface area contributed by atoms with Gasteiger partial charge < -0.3 is 15.3 Å². The van der Waals surface area contributed by atoms with Gasteiger partial charge in [-0.3, -0.25) is 9.59 Å². The molecule has 1 amide bonds. The molecule has 6 heteroatoms. The maximum absolute atomic E-state index is 11.5. The van der Waals surface area contributed by atoms with Gasteiger partial charge in [0.05, 0.1) is 11.4 Å². The predicted molar refractivity (Wildman–Crippen MR) is 67.2 cm³/mol. The summed E-state index contributed by atoms with van der Waals surface area (Å²) in [5, 5.41) is 11.6. The van der Waals surface area contributed by atoms with E-state index in [2.05, 4.69) is 21.2 Å². The summed E-state index contributed by atoms with van der Waals surface area (Å²) in [6, 6.07) is 5.40. The van der Waals surface area contributed by atoms with Gasteiger partial charge in [0.1, 0.15) is 6.54 Å².